The Balaban J connectivity index is 2.46. The quantitative estimate of drug-likeness (QED) is 0.443. The van der Waals surface area contributed by atoms with Crippen LogP contribution in [0.2, 0.25) is 0 Å². The standard InChI is InChI=1S/C9H14N2O2/c10-13-9-3-1-2-8(6-9)7-11-4-5-12/h1-3,6,11-12H,4-5,7,10H2. The Morgan fingerprint density at radius 1 is 1.46 bits per heavy atom. The third kappa shape index (κ3) is 3.42. The highest BCUT2D eigenvalue weighted by Gasteiger charge is 1.94. The van der Waals surface area contributed by atoms with Gasteiger partial charge in [-0.2, -0.15) is 5.90 Å². The van der Waals surface area contributed by atoms with Gasteiger partial charge in [-0.1, -0.05) is 12.1 Å². The molecule has 1 rings (SSSR count). The molecule has 0 aliphatic heterocycles. The van der Waals surface area contributed by atoms with Gasteiger partial charge < -0.3 is 15.3 Å². The van der Waals surface area contributed by atoms with Crippen molar-refractivity contribution in [2.24, 2.45) is 5.90 Å². The molecule has 0 saturated heterocycles. The van der Waals surface area contributed by atoms with E-state index in [1.165, 1.54) is 0 Å². The topological polar surface area (TPSA) is 67.5 Å². The molecule has 72 valence electrons. The van der Waals surface area contributed by atoms with E-state index in [9.17, 15) is 0 Å². The summed E-state index contributed by atoms with van der Waals surface area (Å²) < 4.78 is 0. The van der Waals surface area contributed by atoms with Crippen LogP contribution in [0.4, 0.5) is 0 Å². The third-order valence-corrected chi connectivity index (χ3v) is 1.65. The van der Waals surface area contributed by atoms with E-state index in [2.05, 4.69) is 10.2 Å². The molecule has 1 aromatic rings. The molecule has 0 unspecified atom stereocenters. The molecular formula is C9H14N2O2. The molecule has 4 N–H and O–H groups in total. The maximum absolute atomic E-state index is 8.54. The number of hydrogen-bond donors (Lipinski definition) is 3. The Labute approximate surface area is 77.3 Å². The smallest absolute Gasteiger partial charge is 0.147 e. The Kier molecular flexibility index (Phi) is 4.25. The van der Waals surface area contributed by atoms with Crippen molar-refractivity contribution in [2.75, 3.05) is 13.2 Å². The van der Waals surface area contributed by atoms with Crippen LogP contribution in [0.3, 0.4) is 0 Å². The van der Waals surface area contributed by atoms with Gasteiger partial charge in [0.2, 0.25) is 0 Å². The highest BCUT2D eigenvalue weighted by Crippen LogP contribution is 2.11. The van der Waals surface area contributed by atoms with Gasteiger partial charge in [0.05, 0.1) is 6.61 Å². The number of nitrogens with one attached hydrogen (secondary N) is 1. The van der Waals surface area contributed by atoms with Crippen molar-refractivity contribution in [3.05, 3.63) is 29.8 Å². The molecule has 0 heterocycles. The fraction of sp³-hybridized carbons (Fsp3) is 0.333. The zero-order valence-electron chi connectivity index (χ0n) is 7.36. The Bertz CT molecular complexity index is 253. The third-order valence-electron chi connectivity index (χ3n) is 1.65. The zero-order valence-corrected chi connectivity index (χ0v) is 7.36. The number of rotatable bonds is 5. The zero-order chi connectivity index (χ0) is 9.52. The first kappa shape index (κ1) is 9.98. The first-order valence-corrected chi connectivity index (χ1v) is 4.14. The number of aliphatic hydroxyl groups excluding tert-OH is 1. The van der Waals surface area contributed by atoms with Crippen molar-refractivity contribution >= 4 is 0 Å². The molecule has 0 aliphatic carbocycles. The molecule has 0 bridgehead atoms. The highest BCUT2D eigenvalue weighted by molar-refractivity contribution is 5.28. The number of aliphatic hydroxyl groups is 1. The molecule has 0 spiro atoms. The monoisotopic (exact) mass is 182 g/mol. The Hall–Kier alpha value is -1.10. The fourth-order valence-corrected chi connectivity index (χ4v) is 1.04. The van der Waals surface area contributed by atoms with Crippen molar-refractivity contribution in [2.45, 2.75) is 6.54 Å². The van der Waals surface area contributed by atoms with Crippen LogP contribution in [-0.2, 0) is 6.54 Å². The van der Waals surface area contributed by atoms with Crippen LogP contribution in [0.25, 0.3) is 0 Å². The SMILES string of the molecule is NOc1cccc(CNCCO)c1. The lowest BCUT2D eigenvalue weighted by atomic mass is 10.2. The van der Waals surface area contributed by atoms with Gasteiger partial charge in [-0.3, -0.25) is 0 Å². The van der Waals surface area contributed by atoms with Crippen LogP contribution in [0.5, 0.6) is 5.75 Å². The predicted molar refractivity (Wildman–Crippen MR) is 50.0 cm³/mol. The second-order valence-electron chi connectivity index (χ2n) is 2.67. The van der Waals surface area contributed by atoms with Crippen molar-refractivity contribution in [3.8, 4) is 5.75 Å². The molecule has 4 heteroatoms. The van der Waals surface area contributed by atoms with Crippen molar-refractivity contribution in [1.82, 2.24) is 5.32 Å². The number of hydrogen-bond acceptors (Lipinski definition) is 4. The molecule has 4 nitrogen and oxygen atoms in total. The molecule has 0 saturated carbocycles. The van der Waals surface area contributed by atoms with Gasteiger partial charge in [0.25, 0.3) is 0 Å². The maximum Gasteiger partial charge on any atom is 0.147 e. The second kappa shape index (κ2) is 5.53. The van der Waals surface area contributed by atoms with E-state index in [4.69, 9.17) is 11.0 Å². The van der Waals surface area contributed by atoms with Crippen LogP contribution in [0, 0.1) is 0 Å². The summed E-state index contributed by atoms with van der Waals surface area (Å²) >= 11 is 0. The van der Waals surface area contributed by atoms with Crippen LogP contribution < -0.4 is 16.1 Å². The van der Waals surface area contributed by atoms with Crippen LogP contribution in [0.1, 0.15) is 5.56 Å². The first-order chi connectivity index (χ1) is 6.36. The average Bonchev–Trinajstić information content (AvgIpc) is 2.19. The minimum absolute atomic E-state index is 0.146. The summed E-state index contributed by atoms with van der Waals surface area (Å²) in [5.74, 6) is 5.66. The molecule has 0 amide bonds. The largest absolute Gasteiger partial charge is 0.412 e. The second-order valence-corrected chi connectivity index (χ2v) is 2.67. The molecule has 0 aromatic heterocycles. The van der Waals surface area contributed by atoms with Gasteiger partial charge >= 0.3 is 0 Å². The molecule has 13 heavy (non-hydrogen) atoms. The fourth-order valence-electron chi connectivity index (χ4n) is 1.04. The minimum atomic E-state index is 0.146. The van der Waals surface area contributed by atoms with Gasteiger partial charge in [-0.15, -0.1) is 0 Å². The molecule has 0 fully saturated rings. The summed E-state index contributed by atoms with van der Waals surface area (Å²) in [4.78, 5) is 4.58. The molecule has 1 aromatic carbocycles. The van der Waals surface area contributed by atoms with E-state index in [0.29, 0.717) is 18.8 Å². The lowest BCUT2D eigenvalue weighted by Crippen LogP contribution is -2.17. The minimum Gasteiger partial charge on any atom is -0.412 e. The van der Waals surface area contributed by atoms with Gasteiger partial charge in [-0.25, -0.2) is 0 Å². The maximum atomic E-state index is 8.54. The number of benzene rings is 1. The predicted octanol–water partition coefficient (Wildman–Crippen LogP) is 0.0210. The van der Waals surface area contributed by atoms with E-state index in [-0.39, 0.29) is 6.61 Å². The van der Waals surface area contributed by atoms with E-state index in [1.54, 1.807) is 6.07 Å². The summed E-state index contributed by atoms with van der Waals surface area (Å²) in [5, 5.41) is 11.6. The molecule has 0 atom stereocenters. The lowest BCUT2D eigenvalue weighted by Gasteiger charge is -2.04. The van der Waals surface area contributed by atoms with E-state index in [1.807, 2.05) is 18.2 Å². The normalized spacial score (nSPS) is 10.0. The van der Waals surface area contributed by atoms with E-state index >= 15 is 0 Å². The average molecular weight is 182 g/mol. The van der Waals surface area contributed by atoms with E-state index in [0.717, 1.165) is 5.56 Å². The molecule has 0 aliphatic rings. The van der Waals surface area contributed by atoms with Gasteiger partial charge in [0.15, 0.2) is 0 Å². The van der Waals surface area contributed by atoms with Gasteiger partial charge in [0.1, 0.15) is 5.75 Å². The summed E-state index contributed by atoms with van der Waals surface area (Å²) in [6.45, 7) is 1.44. The van der Waals surface area contributed by atoms with Crippen LogP contribution in [-0.4, -0.2) is 18.3 Å². The summed E-state index contributed by atoms with van der Waals surface area (Å²) in [6, 6.07) is 7.48. The summed E-state index contributed by atoms with van der Waals surface area (Å²) in [5.41, 5.74) is 1.08. The van der Waals surface area contributed by atoms with Gasteiger partial charge in [-0.05, 0) is 17.7 Å². The summed E-state index contributed by atoms with van der Waals surface area (Å²) in [7, 11) is 0. The van der Waals surface area contributed by atoms with E-state index < -0.39 is 0 Å². The Morgan fingerprint density at radius 3 is 3.00 bits per heavy atom. The van der Waals surface area contributed by atoms with Crippen molar-refractivity contribution < 1.29 is 9.94 Å². The molecule has 0 radical (unpaired) electrons. The van der Waals surface area contributed by atoms with Crippen LogP contribution in [0.15, 0.2) is 24.3 Å². The number of nitrogens with two attached hydrogens (primary N) is 1. The molecular weight excluding hydrogens is 168 g/mol. The highest BCUT2D eigenvalue weighted by atomic mass is 16.6. The van der Waals surface area contributed by atoms with Gasteiger partial charge in [0, 0.05) is 13.1 Å². The Morgan fingerprint density at radius 2 is 2.31 bits per heavy atom. The van der Waals surface area contributed by atoms with Crippen LogP contribution >= 0.6 is 0 Å². The first-order valence-electron chi connectivity index (χ1n) is 4.14. The lowest BCUT2D eigenvalue weighted by molar-refractivity contribution is 0.292. The van der Waals surface area contributed by atoms with Crippen molar-refractivity contribution in [1.29, 1.82) is 0 Å². The summed E-state index contributed by atoms with van der Waals surface area (Å²) in [6.07, 6.45) is 0. The van der Waals surface area contributed by atoms with Crippen molar-refractivity contribution in [3.63, 3.8) is 0 Å².